The van der Waals surface area contributed by atoms with Gasteiger partial charge in [-0.15, -0.1) is 0 Å². The molecule has 0 aromatic heterocycles. The van der Waals surface area contributed by atoms with E-state index in [0.29, 0.717) is 31.2 Å². The average molecular weight is 280 g/mol. The van der Waals surface area contributed by atoms with E-state index in [1.54, 1.807) is 6.07 Å². The molecule has 0 radical (unpaired) electrons. The third kappa shape index (κ3) is 2.48. The molecule has 6 heteroatoms. The van der Waals surface area contributed by atoms with Gasteiger partial charge >= 0.3 is 0 Å². The Kier molecular flexibility index (Phi) is 3.58. The van der Waals surface area contributed by atoms with E-state index in [4.69, 9.17) is 19.9 Å². The monoisotopic (exact) mass is 280 g/mol. The average Bonchev–Trinajstić information content (AvgIpc) is 2.45. The summed E-state index contributed by atoms with van der Waals surface area (Å²) < 4.78 is 16.8. The maximum Gasteiger partial charge on any atom is 0.163 e. The van der Waals surface area contributed by atoms with Crippen LogP contribution >= 0.6 is 0 Å². The molecule has 1 aromatic rings. The quantitative estimate of drug-likeness (QED) is 0.774. The molecule has 0 spiro atoms. The molecule has 20 heavy (non-hydrogen) atoms. The highest BCUT2D eigenvalue weighted by atomic mass is 16.6. The summed E-state index contributed by atoms with van der Waals surface area (Å²) in [6, 6.07) is 3.72. The molecule has 3 N–H and O–H groups in total. The normalized spacial score (nSPS) is 25.6. The molecule has 2 unspecified atom stereocenters. The Morgan fingerprint density at radius 1 is 1.25 bits per heavy atom. The van der Waals surface area contributed by atoms with E-state index in [9.17, 15) is 5.11 Å². The Balaban J connectivity index is 1.89. The van der Waals surface area contributed by atoms with Gasteiger partial charge in [-0.1, -0.05) is 0 Å². The lowest BCUT2D eigenvalue weighted by molar-refractivity contribution is -0.0420. The third-order valence-corrected chi connectivity index (χ3v) is 3.56. The van der Waals surface area contributed by atoms with E-state index in [-0.39, 0.29) is 18.8 Å². The van der Waals surface area contributed by atoms with Crippen molar-refractivity contribution < 1.29 is 19.3 Å². The number of benzene rings is 1. The second kappa shape index (κ2) is 5.38. The Hall–Kier alpha value is -1.66. The zero-order chi connectivity index (χ0) is 14.1. The Labute approximate surface area is 118 Å². The SMILES string of the molecule is CC1CN(c2cc3c(cc2N)OCCO3)CC(CO)O1. The number of aliphatic hydroxyl groups excluding tert-OH is 1. The fourth-order valence-electron chi connectivity index (χ4n) is 2.71. The van der Waals surface area contributed by atoms with Crippen molar-refractivity contribution >= 4 is 11.4 Å². The van der Waals surface area contributed by atoms with E-state index in [2.05, 4.69) is 4.90 Å². The van der Waals surface area contributed by atoms with E-state index < -0.39 is 0 Å². The van der Waals surface area contributed by atoms with Crippen molar-refractivity contribution in [3.63, 3.8) is 0 Å². The molecule has 0 bridgehead atoms. The highest BCUT2D eigenvalue weighted by Gasteiger charge is 2.27. The molecule has 1 aromatic carbocycles. The van der Waals surface area contributed by atoms with Crippen LogP contribution in [0.15, 0.2) is 12.1 Å². The summed E-state index contributed by atoms with van der Waals surface area (Å²) in [5, 5.41) is 9.31. The van der Waals surface area contributed by atoms with Crippen LogP contribution in [-0.4, -0.2) is 50.2 Å². The number of nitrogens with two attached hydrogens (primary N) is 1. The molecule has 1 fully saturated rings. The molecule has 6 nitrogen and oxygen atoms in total. The molecule has 110 valence electrons. The first-order valence-corrected chi connectivity index (χ1v) is 6.87. The van der Waals surface area contributed by atoms with Crippen LogP contribution in [0.4, 0.5) is 11.4 Å². The molecule has 0 saturated carbocycles. The van der Waals surface area contributed by atoms with E-state index in [0.717, 1.165) is 18.0 Å². The lowest BCUT2D eigenvalue weighted by Crippen LogP contribution is -2.48. The first-order valence-electron chi connectivity index (χ1n) is 6.87. The van der Waals surface area contributed by atoms with Gasteiger partial charge in [0.1, 0.15) is 13.2 Å². The number of hydrogen-bond acceptors (Lipinski definition) is 6. The van der Waals surface area contributed by atoms with E-state index >= 15 is 0 Å². The number of nitrogens with zero attached hydrogens (tertiary/aromatic N) is 1. The van der Waals surface area contributed by atoms with Crippen LogP contribution in [0, 0.1) is 0 Å². The Morgan fingerprint density at radius 2 is 1.95 bits per heavy atom. The van der Waals surface area contributed by atoms with Crippen molar-refractivity contribution in [1.82, 2.24) is 0 Å². The van der Waals surface area contributed by atoms with Crippen LogP contribution in [-0.2, 0) is 4.74 Å². The van der Waals surface area contributed by atoms with Crippen molar-refractivity contribution in [2.24, 2.45) is 0 Å². The lowest BCUT2D eigenvalue weighted by atomic mass is 10.1. The number of morpholine rings is 1. The predicted molar refractivity (Wildman–Crippen MR) is 75.5 cm³/mol. The summed E-state index contributed by atoms with van der Waals surface area (Å²) >= 11 is 0. The van der Waals surface area contributed by atoms with E-state index in [1.165, 1.54) is 0 Å². The number of fused-ring (bicyclic) bond motifs is 1. The van der Waals surface area contributed by atoms with Crippen LogP contribution in [0.3, 0.4) is 0 Å². The highest BCUT2D eigenvalue weighted by molar-refractivity contribution is 5.73. The third-order valence-electron chi connectivity index (χ3n) is 3.56. The summed E-state index contributed by atoms with van der Waals surface area (Å²) in [4.78, 5) is 2.13. The second-order valence-electron chi connectivity index (χ2n) is 5.21. The van der Waals surface area contributed by atoms with Gasteiger partial charge in [0.25, 0.3) is 0 Å². The van der Waals surface area contributed by atoms with Crippen molar-refractivity contribution in [3.05, 3.63) is 12.1 Å². The molecule has 2 heterocycles. The fraction of sp³-hybridized carbons (Fsp3) is 0.571. The lowest BCUT2D eigenvalue weighted by Gasteiger charge is -2.38. The van der Waals surface area contributed by atoms with E-state index in [1.807, 2.05) is 13.0 Å². The van der Waals surface area contributed by atoms with Gasteiger partial charge in [-0.05, 0) is 6.92 Å². The summed E-state index contributed by atoms with van der Waals surface area (Å²) in [6.07, 6.45) is -0.139. The maximum atomic E-state index is 9.31. The summed E-state index contributed by atoms with van der Waals surface area (Å²) in [5.74, 6) is 1.41. The van der Waals surface area contributed by atoms with Crippen LogP contribution in [0.1, 0.15) is 6.92 Å². The minimum atomic E-state index is -0.189. The van der Waals surface area contributed by atoms with Crippen LogP contribution in [0.5, 0.6) is 11.5 Å². The first-order chi connectivity index (χ1) is 9.67. The van der Waals surface area contributed by atoms with Crippen LogP contribution in [0.2, 0.25) is 0 Å². The van der Waals surface area contributed by atoms with Gasteiger partial charge in [0.05, 0.1) is 30.2 Å². The maximum absolute atomic E-state index is 9.31. The minimum absolute atomic E-state index is 0.00525. The zero-order valence-corrected chi connectivity index (χ0v) is 11.5. The van der Waals surface area contributed by atoms with Gasteiger partial charge in [-0.25, -0.2) is 0 Å². The number of nitrogen functional groups attached to an aromatic ring is 1. The van der Waals surface area contributed by atoms with Gasteiger partial charge in [-0.3, -0.25) is 0 Å². The molecule has 1 saturated heterocycles. The fourth-order valence-corrected chi connectivity index (χ4v) is 2.71. The van der Waals surface area contributed by atoms with Gasteiger partial charge in [0.2, 0.25) is 0 Å². The molecular weight excluding hydrogens is 260 g/mol. The topological polar surface area (TPSA) is 77.2 Å². The Bertz CT molecular complexity index is 494. The molecule has 0 aliphatic carbocycles. The van der Waals surface area contributed by atoms with Gasteiger partial charge in [0.15, 0.2) is 11.5 Å². The molecule has 2 aliphatic heterocycles. The number of rotatable bonds is 2. The second-order valence-corrected chi connectivity index (χ2v) is 5.21. The largest absolute Gasteiger partial charge is 0.486 e. The van der Waals surface area contributed by atoms with Crippen molar-refractivity contribution in [2.75, 3.05) is 43.5 Å². The van der Waals surface area contributed by atoms with Crippen LogP contribution < -0.4 is 20.1 Å². The van der Waals surface area contributed by atoms with Gasteiger partial charge < -0.3 is 30.0 Å². The number of aliphatic hydroxyl groups is 1. The molecule has 2 aliphatic rings. The standard InChI is InChI=1S/C14H20N2O4/c1-9-6-16(7-10(8-17)20-9)12-5-14-13(4-11(12)15)18-2-3-19-14/h4-5,9-10,17H,2-3,6-8,15H2,1H3. The summed E-state index contributed by atoms with van der Waals surface area (Å²) in [5.41, 5.74) is 7.69. The zero-order valence-electron chi connectivity index (χ0n) is 11.5. The molecule has 0 amide bonds. The summed E-state index contributed by atoms with van der Waals surface area (Å²) in [7, 11) is 0. The minimum Gasteiger partial charge on any atom is -0.486 e. The highest BCUT2D eigenvalue weighted by Crippen LogP contribution is 2.39. The van der Waals surface area contributed by atoms with Gasteiger partial charge in [0, 0.05) is 25.2 Å². The number of ether oxygens (including phenoxy) is 3. The molecular formula is C14H20N2O4. The molecule has 2 atom stereocenters. The molecule has 3 rings (SSSR count). The smallest absolute Gasteiger partial charge is 0.163 e. The van der Waals surface area contributed by atoms with Crippen LogP contribution in [0.25, 0.3) is 0 Å². The van der Waals surface area contributed by atoms with Gasteiger partial charge in [-0.2, -0.15) is 0 Å². The first kappa shape index (κ1) is 13.3. The summed E-state index contributed by atoms with van der Waals surface area (Å²) in [6.45, 7) is 4.45. The van der Waals surface area contributed by atoms with Crippen molar-refractivity contribution in [1.29, 1.82) is 0 Å². The van der Waals surface area contributed by atoms with Crippen molar-refractivity contribution in [3.8, 4) is 11.5 Å². The predicted octanol–water partition coefficient (Wildman–Crippen LogP) is 0.626. The number of anilines is 2. The van der Waals surface area contributed by atoms with Crippen molar-refractivity contribution in [2.45, 2.75) is 19.1 Å². The Morgan fingerprint density at radius 3 is 2.65 bits per heavy atom. The number of hydrogen-bond donors (Lipinski definition) is 2.